The Labute approximate surface area is 85.8 Å². The molecule has 3 nitrogen and oxygen atoms in total. The molecule has 0 atom stereocenters. The molecule has 0 saturated heterocycles. The molecule has 12 heavy (non-hydrogen) atoms. The van der Waals surface area contributed by atoms with Crippen LogP contribution in [0.2, 0.25) is 0 Å². The Morgan fingerprint density at radius 2 is 1.58 bits per heavy atom. The van der Waals surface area contributed by atoms with Crippen molar-refractivity contribution in [1.29, 1.82) is 0 Å². The van der Waals surface area contributed by atoms with Gasteiger partial charge in [-0.05, 0) is 20.8 Å². The van der Waals surface area contributed by atoms with Gasteiger partial charge in [0.1, 0.15) is 5.60 Å². The molecule has 0 spiro atoms. The molecule has 0 aliphatic carbocycles. The topological polar surface area (TPSA) is 35.5 Å². The second-order valence-corrected chi connectivity index (χ2v) is 5.35. The summed E-state index contributed by atoms with van der Waals surface area (Å²) in [7, 11) is 0. The Morgan fingerprint density at radius 1 is 1.17 bits per heavy atom. The van der Waals surface area contributed by atoms with Crippen LogP contribution in [0.25, 0.3) is 0 Å². The van der Waals surface area contributed by atoms with E-state index < -0.39 is 15.4 Å². The van der Waals surface area contributed by atoms with Crippen LogP contribution in [0.3, 0.4) is 0 Å². The van der Waals surface area contributed by atoms with Crippen molar-refractivity contribution in [3.05, 3.63) is 0 Å². The molecule has 0 aromatic carbocycles. The average molecular weight is 235 g/mol. The molecule has 0 bridgehead atoms. The van der Waals surface area contributed by atoms with Gasteiger partial charge in [0.25, 0.3) is 3.79 Å². The maximum absolute atomic E-state index is 10.8. The molecule has 0 aromatic heterocycles. The van der Waals surface area contributed by atoms with Gasteiger partial charge in [-0.25, -0.2) is 4.79 Å². The van der Waals surface area contributed by atoms with E-state index in [1.807, 2.05) is 0 Å². The largest absolute Gasteiger partial charge is 0.393 e. The lowest BCUT2D eigenvalue weighted by Crippen LogP contribution is -2.28. The van der Waals surface area contributed by atoms with Crippen LogP contribution >= 0.6 is 34.8 Å². The highest BCUT2D eigenvalue weighted by atomic mass is 35.6. The summed E-state index contributed by atoms with van der Waals surface area (Å²) in [5, 5.41) is 0. The number of halogens is 3. The minimum Gasteiger partial charge on any atom is -0.293 e. The maximum atomic E-state index is 10.8. The quantitative estimate of drug-likeness (QED) is 0.398. The predicted molar refractivity (Wildman–Crippen MR) is 47.2 cm³/mol. The van der Waals surface area contributed by atoms with Crippen LogP contribution in [0.5, 0.6) is 0 Å². The van der Waals surface area contributed by atoms with Crippen LogP contribution in [-0.4, -0.2) is 15.4 Å². The van der Waals surface area contributed by atoms with Crippen molar-refractivity contribution in [3.8, 4) is 0 Å². The molecule has 0 rings (SSSR count). The van der Waals surface area contributed by atoms with Crippen LogP contribution in [0.4, 0.5) is 0 Å². The number of carbonyl (C=O) groups is 1. The molecule has 0 aliphatic heterocycles. The van der Waals surface area contributed by atoms with Crippen LogP contribution in [0, 0.1) is 0 Å². The summed E-state index contributed by atoms with van der Waals surface area (Å²) in [5.41, 5.74) is -0.619. The van der Waals surface area contributed by atoms with Crippen molar-refractivity contribution in [2.45, 2.75) is 30.2 Å². The third kappa shape index (κ3) is 5.89. The summed E-state index contributed by atoms with van der Waals surface area (Å²) in [6, 6.07) is 0. The number of alkyl halides is 3. The van der Waals surface area contributed by atoms with Crippen molar-refractivity contribution in [2.24, 2.45) is 0 Å². The molecule has 0 saturated carbocycles. The fourth-order valence-electron chi connectivity index (χ4n) is 0.210. The van der Waals surface area contributed by atoms with E-state index in [9.17, 15) is 4.79 Å². The fraction of sp³-hybridized carbons (Fsp3) is 0.833. The van der Waals surface area contributed by atoms with Gasteiger partial charge in [-0.15, -0.1) is 0 Å². The normalized spacial score (nSPS) is 12.8. The number of rotatable bonds is 1. The molecule has 0 aliphatic rings. The third-order valence-corrected chi connectivity index (χ3v) is 1.06. The van der Waals surface area contributed by atoms with Crippen LogP contribution < -0.4 is 0 Å². The molecule has 0 N–H and O–H groups in total. The van der Waals surface area contributed by atoms with Gasteiger partial charge >= 0.3 is 5.97 Å². The Morgan fingerprint density at radius 3 is 1.83 bits per heavy atom. The Kier molecular flexibility index (Phi) is 4.11. The lowest BCUT2D eigenvalue weighted by Gasteiger charge is -2.18. The molecule has 0 unspecified atom stereocenters. The second kappa shape index (κ2) is 4.01. The zero-order chi connectivity index (χ0) is 9.99. The first-order chi connectivity index (χ1) is 5.13. The monoisotopic (exact) mass is 234 g/mol. The number of hydrogen-bond donors (Lipinski definition) is 0. The smallest absolute Gasteiger partial charge is 0.293 e. The summed E-state index contributed by atoms with van der Waals surface area (Å²) in [6.07, 6.45) is 0. The standard InChI is InChI=1S/C6H9Cl3O3/c1-5(2,3)12-11-4(10)6(7,8)9/h1-3H3. The summed E-state index contributed by atoms with van der Waals surface area (Å²) in [5.74, 6) is -1.05. The van der Waals surface area contributed by atoms with Gasteiger partial charge in [-0.3, -0.25) is 4.89 Å². The number of hydrogen-bond acceptors (Lipinski definition) is 3. The van der Waals surface area contributed by atoms with Crippen molar-refractivity contribution in [2.75, 3.05) is 0 Å². The van der Waals surface area contributed by atoms with Gasteiger partial charge < -0.3 is 0 Å². The van der Waals surface area contributed by atoms with Gasteiger partial charge in [-0.1, -0.05) is 34.8 Å². The fourth-order valence-corrected chi connectivity index (χ4v) is 0.305. The maximum Gasteiger partial charge on any atom is 0.393 e. The first-order valence-electron chi connectivity index (χ1n) is 3.10. The van der Waals surface area contributed by atoms with Gasteiger partial charge in [0.2, 0.25) is 0 Å². The van der Waals surface area contributed by atoms with Gasteiger partial charge in [0.05, 0.1) is 0 Å². The van der Waals surface area contributed by atoms with E-state index in [1.165, 1.54) is 0 Å². The van der Waals surface area contributed by atoms with E-state index in [4.69, 9.17) is 34.8 Å². The van der Waals surface area contributed by atoms with Gasteiger partial charge in [0.15, 0.2) is 0 Å². The van der Waals surface area contributed by atoms with Crippen LogP contribution in [0.1, 0.15) is 20.8 Å². The van der Waals surface area contributed by atoms with E-state index in [0.29, 0.717) is 0 Å². The minimum absolute atomic E-state index is 0.619. The number of carbonyl (C=O) groups excluding carboxylic acids is 1. The molecule has 0 fully saturated rings. The first-order valence-corrected chi connectivity index (χ1v) is 4.23. The molecule has 0 radical (unpaired) electrons. The summed E-state index contributed by atoms with van der Waals surface area (Å²) in [6.45, 7) is 5.08. The molecular weight excluding hydrogens is 226 g/mol. The Balaban J connectivity index is 3.90. The summed E-state index contributed by atoms with van der Waals surface area (Å²) < 4.78 is -2.09. The molecular formula is C6H9Cl3O3. The summed E-state index contributed by atoms with van der Waals surface area (Å²) in [4.78, 5) is 19.6. The van der Waals surface area contributed by atoms with E-state index >= 15 is 0 Å². The van der Waals surface area contributed by atoms with Gasteiger partial charge in [0, 0.05) is 0 Å². The molecule has 0 amide bonds. The van der Waals surface area contributed by atoms with Gasteiger partial charge in [-0.2, -0.15) is 4.89 Å². The van der Waals surface area contributed by atoms with Crippen molar-refractivity contribution >= 4 is 40.8 Å². The minimum atomic E-state index is -2.09. The Hall–Kier alpha value is 0.300. The highest BCUT2D eigenvalue weighted by Gasteiger charge is 2.34. The zero-order valence-electron chi connectivity index (χ0n) is 6.86. The molecule has 0 heterocycles. The van der Waals surface area contributed by atoms with E-state index in [2.05, 4.69) is 9.78 Å². The van der Waals surface area contributed by atoms with E-state index in [1.54, 1.807) is 20.8 Å². The van der Waals surface area contributed by atoms with Crippen LogP contribution in [-0.2, 0) is 14.6 Å². The summed E-state index contributed by atoms with van der Waals surface area (Å²) >= 11 is 15.6. The van der Waals surface area contributed by atoms with Crippen molar-refractivity contribution < 1.29 is 14.6 Å². The average Bonchev–Trinajstić information content (AvgIpc) is 1.78. The Bertz CT molecular complexity index is 168. The highest BCUT2D eigenvalue weighted by Crippen LogP contribution is 2.28. The van der Waals surface area contributed by atoms with E-state index in [0.717, 1.165) is 0 Å². The second-order valence-electron chi connectivity index (χ2n) is 3.06. The lowest BCUT2D eigenvalue weighted by molar-refractivity contribution is -0.319. The molecule has 72 valence electrons. The van der Waals surface area contributed by atoms with Crippen molar-refractivity contribution in [1.82, 2.24) is 0 Å². The zero-order valence-corrected chi connectivity index (χ0v) is 9.13. The highest BCUT2D eigenvalue weighted by molar-refractivity contribution is 6.75. The predicted octanol–water partition coefficient (Wildman–Crippen LogP) is 2.63. The third-order valence-electron chi connectivity index (χ3n) is 0.599. The van der Waals surface area contributed by atoms with Crippen LogP contribution in [0.15, 0.2) is 0 Å². The molecule has 0 aromatic rings. The lowest BCUT2D eigenvalue weighted by atomic mass is 10.2. The molecule has 6 heteroatoms. The van der Waals surface area contributed by atoms with E-state index in [-0.39, 0.29) is 0 Å². The van der Waals surface area contributed by atoms with Crippen molar-refractivity contribution in [3.63, 3.8) is 0 Å². The first kappa shape index (κ1) is 12.3. The SMILES string of the molecule is CC(C)(C)OOC(=O)C(Cl)(Cl)Cl.